The molecular formula is C12H19N3O. The van der Waals surface area contributed by atoms with Crippen LogP contribution in [0.15, 0.2) is 24.4 Å². The second-order valence-electron chi connectivity index (χ2n) is 3.91. The minimum atomic E-state index is -0.137. The van der Waals surface area contributed by atoms with Crippen LogP contribution in [0, 0.1) is 0 Å². The minimum absolute atomic E-state index is 0.0752. The first kappa shape index (κ1) is 12.6. The van der Waals surface area contributed by atoms with Crippen molar-refractivity contribution in [2.45, 2.75) is 19.9 Å². The molecule has 88 valence electrons. The van der Waals surface area contributed by atoms with Gasteiger partial charge in [-0.3, -0.25) is 14.6 Å². The number of carbonyl (C=O) groups excluding carboxylic acids is 1. The molecule has 0 aliphatic carbocycles. The molecule has 0 aliphatic rings. The SMILES string of the molecule is CCN(C(=O)C(C)N(C)C)c1ccccn1. The molecule has 1 aromatic heterocycles. The van der Waals surface area contributed by atoms with E-state index in [1.807, 2.05) is 51.0 Å². The van der Waals surface area contributed by atoms with Gasteiger partial charge in [-0.15, -0.1) is 0 Å². The van der Waals surface area contributed by atoms with E-state index in [0.29, 0.717) is 12.4 Å². The molecule has 1 amide bonds. The number of amides is 1. The van der Waals surface area contributed by atoms with Gasteiger partial charge in [-0.05, 0) is 40.1 Å². The highest BCUT2D eigenvalue weighted by molar-refractivity contribution is 5.95. The van der Waals surface area contributed by atoms with Crippen LogP contribution in [-0.4, -0.2) is 42.5 Å². The summed E-state index contributed by atoms with van der Waals surface area (Å²) < 4.78 is 0. The lowest BCUT2D eigenvalue weighted by Crippen LogP contribution is -2.44. The molecule has 4 heteroatoms. The molecule has 1 unspecified atom stereocenters. The smallest absolute Gasteiger partial charge is 0.245 e. The number of pyridine rings is 1. The molecule has 0 saturated carbocycles. The average molecular weight is 221 g/mol. The van der Waals surface area contributed by atoms with E-state index in [1.165, 1.54) is 0 Å². The number of carbonyl (C=O) groups is 1. The number of hydrogen-bond acceptors (Lipinski definition) is 3. The lowest BCUT2D eigenvalue weighted by Gasteiger charge is -2.26. The molecule has 0 saturated heterocycles. The van der Waals surface area contributed by atoms with Crippen molar-refractivity contribution in [3.63, 3.8) is 0 Å². The maximum atomic E-state index is 12.2. The van der Waals surface area contributed by atoms with Crippen molar-refractivity contribution >= 4 is 11.7 Å². The summed E-state index contributed by atoms with van der Waals surface area (Å²) in [7, 11) is 3.80. The summed E-state index contributed by atoms with van der Waals surface area (Å²) in [5.41, 5.74) is 0. The molecule has 1 rings (SSSR count). The van der Waals surface area contributed by atoms with Crippen molar-refractivity contribution in [3.05, 3.63) is 24.4 Å². The average Bonchev–Trinajstić information content (AvgIpc) is 2.30. The first-order valence-corrected chi connectivity index (χ1v) is 5.46. The molecule has 0 spiro atoms. The van der Waals surface area contributed by atoms with Gasteiger partial charge in [0.25, 0.3) is 0 Å². The van der Waals surface area contributed by atoms with E-state index in [-0.39, 0.29) is 11.9 Å². The van der Waals surface area contributed by atoms with E-state index >= 15 is 0 Å². The van der Waals surface area contributed by atoms with Crippen LogP contribution in [0.2, 0.25) is 0 Å². The van der Waals surface area contributed by atoms with Crippen molar-refractivity contribution in [2.24, 2.45) is 0 Å². The largest absolute Gasteiger partial charge is 0.298 e. The second-order valence-corrected chi connectivity index (χ2v) is 3.91. The molecule has 0 bridgehead atoms. The summed E-state index contributed by atoms with van der Waals surface area (Å²) in [5.74, 6) is 0.787. The van der Waals surface area contributed by atoms with Gasteiger partial charge in [0.15, 0.2) is 0 Å². The van der Waals surface area contributed by atoms with Crippen molar-refractivity contribution in [2.75, 3.05) is 25.5 Å². The van der Waals surface area contributed by atoms with Gasteiger partial charge in [0, 0.05) is 12.7 Å². The number of nitrogens with zero attached hydrogens (tertiary/aromatic N) is 3. The second kappa shape index (κ2) is 5.61. The van der Waals surface area contributed by atoms with Gasteiger partial charge in [-0.2, -0.15) is 0 Å². The number of likely N-dealkylation sites (N-methyl/N-ethyl adjacent to an activating group) is 2. The number of hydrogen-bond donors (Lipinski definition) is 0. The summed E-state index contributed by atoms with van der Waals surface area (Å²) in [6.45, 7) is 4.48. The third kappa shape index (κ3) is 2.79. The van der Waals surface area contributed by atoms with Crippen LogP contribution in [0.5, 0.6) is 0 Å². The Balaban J connectivity index is 2.87. The normalized spacial score (nSPS) is 12.6. The standard InChI is InChI=1S/C12H19N3O/c1-5-15(11-8-6-7-9-13-11)12(16)10(2)14(3)4/h6-10H,5H2,1-4H3. The molecule has 0 radical (unpaired) electrons. The highest BCUT2D eigenvalue weighted by atomic mass is 16.2. The van der Waals surface area contributed by atoms with Gasteiger partial charge < -0.3 is 0 Å². The van der Waals surface area contributed by atoms with Crippen LogP contribution in [0.3, 0.4) is 0 Å². The molecule has 0 aliphatic heterocycles. The predicted molar refractivity (Wildman–Crippen MR) is 65.4 cm³/mol. The first-order chi connectivity index (χ1) is 7.57. The molecule has 0 N–H and O–H groups in total. The summed E-state index contributed by atoms with van der Waals surface area (Å²) in [6.07, 6.45) is 1.70. The molecular weight excluding hydrogens is 202 g/mol. The van der Waals surface area contributed by atoms with E-state index < -0.39 is 0 Å². The topological polar surface area (TPSA) is 36.4 Å². The molecule has 4 nitrogen and oxygen atoms in total. The number of anilines is 1. The van der Waals surface area contributed by atoms with Crippen molar-refractivity contribution in [1.82, 2.24) is 9.88 Å². The van der Waals surface area contributed by atoms with E-state index in [2.05, 4.69) is 4.98 Å². The van der Waals surface area contributed by atoms with E-state index in [1.54, 1.807) is 11.1 Å². The zero-order chi connectivity index (χ0) is 12.1. The van der Waals surface area contributed by atoms with E-state index in [9.17, 15) is 4.79 Å². The molecule has 0 aromatic carbocycles. The highest BCUT2D eigenvalue weighted by Crippen LogP contribution is 2.11. The molecule has 1 atom stereocenters. The minimum Gasteiger partial charge on any atom is -0.298 e. The third-order valence-electron chi connectivity index (χ3n) is 2.64. The quantitative estimate of drug-likeness (QED) is 0.770. The summed E-state index contributed by atoms with van der Waals surface area (Å²) in [5, 5.41) is 0. The van der Waals surface area contributed by atoms with E-state index in [0.717, 1.165) is 0 Å². The number of rotatable bonds is 4. The van der Waals surface area contributed by atoms with Gasteiger partial charge in [0.1, 0.15) is 5.82 Å². The Labute approximate surface area is 96.9 Å². The highest BCUT2D eigenvalue weighted by Gasteiger charge is 2.22. The summed E-state index contributed by atoms with van der Waals surface area (Å²) >= 11 is 0. The van der Waals surface area contributed by atoms with E-state index in [4.69, 9.17) is 0 Å². The third-order valence-corrected chi connectivity index (χ3v) is 2.64. The Morgan fingerprint density at radius 2 is 2.12 bits per heavy atom. The van der Waals surface area contributed by atoms with Crippen molar-refractivity contribution < 1.29 is 4.79 Å². The van der Waals surface area contributed by atoms with Gasteiger partial charge >= 0.3 is 0 Å². The summed E-state index contributed by atoms with van der Waals surface area (Å²) in [6, 6.07) is 5.45. The Bertz CT molecular complexity index is 337. The van der Waals surface area contributed by atoms with Crippen LogP contribution < -0.4 is 4.90 Å². The van der Waals surface area contributed by atoms with Crippen LogP contribution in [0.25, 0.3) is 0 Å². The fraction of sp³-hybridized carbons (Fsp3) is 0.500. The van der Waals surface area contributed by atoms with Crippen molar-refractivity contribution in [1.29, 1.82) is 0 Å². The Morgan fingerprint density at radius 1 is 1.44 bits per heavy atom. The van der Waals surface area contributed by atoms with Gasteiger partial charge in [0.05, 0.1) is 6.04 Å². The molecule has 16 heavy (non-hydrogen) atoms. The molecule has 1 aromatic rings. The maximum absolute atomic E-state index is 12.2. The first-order valence-electron chi connectivity index (χ1n) is 5.46. The Morgan fingerprint density at radius 3 is 2.56 bits per heavy atom. The van der Waals surface area contributed by atoms with Crippen LogP contribution in [0.1, 0.15) is 13.8 Å². The number of aromatic nitrogens is 1. The lowest BCUT2D eigenvalue weighted by molar-refractivity contribution is -0.122. The van der Waals surface area contributed by atoms with Crippen molar-refractivity contribution in [3.8, 4) is 0 Å². The zero-order valence-corrected chi connectivity index (χ0v) is 10.3. The summed E-state index contributed by atoms with van der Waals surface area (Å²) in [4.78, 5) is 20.0. The lowest BCUT2D eigenvalue weighted by atomic mass is 10.2. The Kier molecular flexibility index (Phi) is 4.43. The van der Waals surface area contributed by atoms with Crippen LogP contribution >= 0.6 is 0 Å². The molecule has 0 fully saturated rings. The predicted octanol–water partition coefficient (Wildman–Crippen LogP) is 1.38. The fourth-order valence-electron chi connectivity index (χ4n) is 1.39. The van der Waals surface area contributed by atoms with Crippen LogP contribution in [0.4, 0.5) is 5.82 Å². The van der Waals surface area contributed by atoms with Gasteiger partial charge in [-0.1, -0.05) is 6.07 Å². The van der Waals surface area contributed by atoms with Gasteiger partial charge in [-0.25, -0.2) is 4.98 Å². The monoisotopic (exact) mass is 221 g/mol. The Hall–Kier alpha value is -1.42. The molecule has 1 heterocycles. The maximum Gasteiger partial charge on any atom is 0.245 e. The zero-order valence-electron chi connectivity index (χ0n) is 10.3. The fourth-order valence-corrected chi connectivity index (χ4v) is 1.39. The van der Waals surface area contributed by atoms with Gasteiger partial charge in [0.2, 0.25) is 5.91 Å². The van der Waals surface area contributed by atoms with Crippen LogP contribution in [-0.2, 0) is 4.79 Å².